The van der Waals surface area contributed by atoms with E-state index in [0.29, 0.717) is 11.4 Å². The quantitative estimate of drug-likeness (QED) is 0.869. The fourth-order valence-electron chi connectivity index (χ4n) is 2.74. The van der Waals surface area contributed by atoms with E-state index in [4.69, 9.17) is 0 Å². The van der Waals surface area contributed by atoms with E-state index in [2.05, 4.69) is 5.32 Å². The van der Waals surface area contributed by atoms with Crippen LogP contribution in [0.4, 0.5) is 0 Å². The lowest BCUT2D eigenvalue weighted by Crippen LogP contribution is -2.46. The van der Waals surface area contributed by atoms with Crippen LogP contribution in [0.3, 0.4) is 0 Å². The molecule has 1 unspecified atom stereocenters. The van der Waals surface area contributed by atoms with Crippen molar-refractivity contribution in [1.29, 1.82) is 0 Å². The normalized spacial score (nSPS) is 22.6. The summed E-state index contributed by atoms with van der Waals surface area (Å²) >= 11 is 1.44. The van der Waals surface area contributed by atoms with Crippen molar-refractivity contribution >= 4 is 23.2 Å². The minimum Gasteiger partial charge on any atom is -0.316 e. The number of thiophene rings is 1. The Labute approximate surface area is 123 Å². The van der Waals surface area contributed by atoms with E-state index in [1.807, 2.05) is 18.4 Å². The van der Waals surface area contributed by atoms with Gasteiger partial charge in [0.25, 0.3) is 5.91 Å². The predicted molar refractivity (Wildman–Crippen MR) is 78.8 cm³/mol. The Kier molecular flexibility index (Phi) is 3.89. The molecular weight excluding hydrogens is 272 g/mol. The average Bonchev–Trinajstić information content (AvgIpc) is 3.20. The zero-order valence-corrected chi connectivity index (χ0v) is 12.5. The second-order valence-electron chi connectivity index (χ2n) is 5.72. The van der Waals surface area contributed by atoms with Gasteiger partial charge in [-0.2, -0.15) is 0 Å². The number of carbonyl (C=O) groups excluding carboxylic acids is 2. The first kappa shape index (κ1) is 13.8. The molecule has 0 spiro atoms. The fourth-order valence-corrected chi connectivity index (χ4v) is 3.60. The topological polar surface area (TPSA) is 49.4 Å². The molecule has 0 aromatic carbocycles. The molecule has 1 aromatic heterocycles. The van der Waals surface area contributed by atoms with Crippen LogP contribution in [0.25, 0.3) is 0 Å². The number of imide groups is 1. The maximum Gasteiger partial charge on any atom is 0.271 e. The van der Waals surface area contributed by atoms with Crippen molar-refractivity contribution in [3.05, 3.63) is 21.9 Å². The Hall–Kier alpha value is -1.20. The summed E-state index contributed by atoms with van der Waals surface area (Å²) in [6.07, 6.45) is 3.83. The van der Waals surface area contributed by atoms with Gasteiger partial charge in [0.2, 0.25) is 5.91 Å². The average molecular weight is 292 g/mol. The molecule has 20 heavy (non-hydrogen) atoms. The summed E-state index contributed by atoms with van der Waals surface area (Å²) < 4.78 is 0. The van der Waals surface area contributed by atoms with Gasteiger partial charge < -0.3 is 5.32 Å². The van der Waals surface area contributed by atoms with Crippen LogP contribution in [0.5, 0.6) is 0 Å². The SMILES string of the molecule is Cc1ccsc1C(=O)N(C(=O)C1CCCNC1)C1CC1. The van der Waals surface area contributed by atoms with Crippen LogP contribution in [0, 0.1) is 12.8 Å². The lowest BCUT2D eigenvalue weighted by Gasteiger charge is -2.28. The van der Waals surface area contributed by atoms with Crippen molar-refractivity contribution in [3.8, 4) is 0 Å². The summed E-state index contributed by atoms with van der Waals surface area (Å²) in [5, 5.41) is 5.18. The number of hydrogen-bond donors (Lipinski definition) is 1. The number of aryl methyl sites for hydroxylation is 1. The zero-order valence-electron chi connectivity index (χ0n) is 11.7. The molecule has 2 amide bonds. The second kappa shape index (κ2) is 5.66. The number of piperidine rings is 1. The highest BCUT2D eigenvalue weighted by Gasteiger charge is 2.41. The first-order chi connectivity index (χ1) is 9.68. The maximum absolute atomic E-state index is 12.7. The minimum atomic E-state index is -0.0874. The highest BCUT2D eigenvalue weighted by Crippen LogP contribution is 2.32. The highest BCUT2D eigenvalue weighted by atomic mass is 32.1. The molecule has 1 saturated carbocycles. The van der Waals surface area contributed by atoms with E-state index in [9.17, 15) is 9.59 Å². The minimum absolute atomic E-state index is 0.0255. The van der Waals surface area contributed by atoms with Crippen molar-refractivity contribution in [2.24, 2.45) is 5.92 Å². The van der Waals surface area contributed by atoms with E-state index in [1.165, 1.54) is 11.3 Å². The lowest BCUT2D eigenvalue weighted by atomic mass is 9.98. The lowest BCUT2D eigenvalue weighted by molar-refractivity contribution is -0.133. The largest absolute Gasteiger partial charge is 0.316 e. The number of hydrogen-bond acceptors (Lipinski definition) is 4. The molecule has 1 aromatic rings. The smallest absolute Gasteiger partial charge is 0.271 e. The third-order valence-electron chi connectivity index (χ3n) is 4.07. The Morgan fingerprint density at radius 1 is 1.35 bits per heavy atom. The van der Waals surface area contributed by atoms with Crippen LogP contribution >= 0.6 is 11.3 Å². The van der Waals surface area contributed by atoms with Crippen LogP contribution in [-0.2, 0) is 4.79 Å². The van der Waals surface area contributed by atoms with Crippen molar-refractivity contribution in [1.82, 2.24) is 10.2 Å². The first-order valence-corrected chi connectivity index (χ1v) is 8.18. The van der Waals surface area contributed by atoms with Crippen LogP contribution in [0.15, 0.2) is 11.4 Å². The monoisotopic (exact) mass is 292 g/mol. The van der Waals surface area contributed by atoms with Gasteiger partial charge in [-0.1, -0.05) is 0 Å². The molecule has 2 aliphatic rings. The van der Waals surface area contributed by atoms with Crippen LogP contribution < -0.4 is 5.32 Å². The Bertz CT molecular complexity index is 516. The van der Waals surface area contributed by atoms with Crippen molar-refractivity contribution in [3.63, 3.8) is 0 Å². The summed E-state index contributed by atoms with van der Waals surface area (Å²) in [6.45, 7) is 3.62. The van der Waals surface area contributed by atoms with Crippen LogP contribution in [0.2, 0.25) is 0 Å². The molecule has 1 saturated heterocycles. The standard InChI is InChI=1S/C15H20N2O2S/c1-10-6-8-20-13(10)15(19)17(12-4-5-12)14(18)11-3-2-7-16-9-11/h6,8,11-12,16H,2-5,7,9H2,1H3. The summed E-state index contributed by atoms with van der Waals surface area (Å²) in [6, 6.07) is 2.08. The highest BCUT2D eigenvalue weighted by molar-refractivity contribution is 7.12. The van der Waals surface area contributed by atoms with Gasteiger partial charge in [-0.05, 0) is 56.2 Å². The van der Waals surface area contributed by atoms with E-state index in [-0.39, 0.29) is 23.8 Å². The molecule has 2 heterocycles. The van der Waals surface area contributed by atoms with Crippen molar-refractivity contribution in [2.75, 3.05) is 13.1 Å². The zero-order chi connectivity index (χ0) is 14.1. The third-order valence-corrected chi connectivity index (χ3v) is 5.08. The third kappa shape index (κ3) is 2.65. The number of amides is 2. The molecule has 5 heteroatoms. The summed E-state index contributed by atoms with van der Waals surface area (Å²) in [5.74, 6) is -0.0957. The number of carbonyl (C=O) groups is 2. The van der Waals surface area contributed by atoms with Crippen LogP contribution in [0.1, 0.15) is 40.9 Å². The second-order valence-corrected chi connectivity index (χ2v) is 6.64. The van der Waals surface area contributed by atoms with Crippen molar-refractivity contribution < 1.29 is 9.59 Å². The van der Waals surface area contributed by atoms with Gasteiger partial charge in [-0.3, -0.25) is 14.5 Å². The van der Waals surface area contributed by atoms with Gasteiger partial charge in [0, 0.05) is 12.6 Å². The van der Waals surface area contributed by atoms with Gasteiger partial charge in [0.05, 0.1) is 10.8 Å². The molecule has 0 bridgehead atoms. The van der Waals surface area contributed by atoms with Crippen molar-refractivity contribution in [2.45, 2.75) is 38.6 Å². The van der Waals surface area contributed by atoms with E-state index < -0.39 is 0 Å². The summed E-state index contributed by atoms with van der Waals surface area (Å²) in [7, 11) is 0. The molecule has 3 rings (SSSR count). The van der Waals surface area contributed by atoms with Gasteiger partial charge >= 0.3 is 0 Å². The summed E-state index contributed by atoms with van der Waals surface area (Å²) in [5.41, 5.74) is 0.972. The maximum atomic E-state index is 12.7. The molecule has 1 aliphatic heterocycles. The number of nitrogens with one attached hydrogen (secondary N) is 1. The molecule has 0 radical (unpaired) electrons. The summed E-state index contributed by atoms with van der Waals surface area (Å²) in [4.78, 5) is 27.7. The van der Waals surface area contributed by atoms with Gasteiger partial charge in [0.15, 0.2) is 0 Å². The Morgan fingerprint density at radius 2 is 2.15 bits per heavy atom. The van der Waals surface area contributed by atoms with Gasteiger partial charge in [-0.15, -0.1) is 11.3 Å². The van der Waals surface area contributed by atoms with Gasteiger partial charge in [-0.25, -0.2) is 0 Å². The molecule has 1 aliphatic carbocycles. The molecule has 4 nitrogen and oxygen atoms in total. The predicted octanol–water partition coefficient (Wildman–Crippen LogP) is 2.19. The number of rotatable bonds is 3. The van der Waals surface area contributed by atoms with Gasteiger partial charge in [0.1, 0.15) is 0 Å². The Morgan fingerprint density at radius 3 is 2.70 bits per heavy atom. The first-order valence-electron chi connectivity index (χ1n) is 7.30. The van der Waals surface area contributed by atoms with Crippen LogP contribution in [-0.4, -0.2) is 35.8 Å². The number of nitrogens with zero attached hydrogens (tertiary/aromatic N) is 1. The molecule has 1 N–H and O–H groups in total. The Balaban J connectivity index is 1.80. The van der Waals surface area contributed by atoms with E-state index in [0.717, 1.165) is 37.8 Å². The molecule has 2 fully saturated rings. The van der Waals surface area contributed by atoms with E-state index >= 15 is 0 Å². The van der Waals surface area contributed by atoms with E-state index in [1.54, 1.807) is 4.90 Å². The molecular formula is C15H20N2O2S. The molecule has 108 valence electrons. The fraction of sp³-hybridized carbons (Fsp3) is 0.600. The molecule has 1 atom stereocenters.